The molecule has 1 unspecified atom stereocenters. The van der Waals surface area contributed by atoms with E-state index < -0.39 is 0 Å². The Bertz CT molecular complexity index is 1110. The summed E-state index contributed by atoms with van der Waals surface area (Å²) in [6.07, 6.45) is 4.22. The maximum Gasteiger partial charge on any atom is 0.261 e. The lowest BCUT2D eigenvalue weighted by molar-refractivity contribution is 0.0675. The van der Waals surface area contributed by atoms with Crippen molar-refractivity contribution in [1.29, 1.82) is 0 Å². The number of fused-ring (bicyclic) bond motifs is 1. The first-order chi connectivity index (χ1) is 15.5. The minimum absolute atomic E-state index is 0.0669. The van der Waals surface area contributed by atoms with E-state index in [1.54, 1.807) is 42.0 Å². The Kier molecular flexibility index (Phi) is 8.03. The van der Waals surface area contributed by atoms with E-state index in [1.807, 2.05) is 36.9 Å². The van der Waals surface area contributed by atoms with Crippen LogP contribution in [0.2, 0.25) is 0 Å². The SMILES string of the molecule is CCCCCCN(C(=O)c1ccc(OC)cc1)C(C)c1nc2ccccc2c(=O)n1CC. The van der Waals surface area contributed by atoms with Crippen LogP contribution in [0, 0.1) is 0 Å². The van der Waals surface area contributed by atoms with Crippen molar-refractivity contribution in [2.24, 2.45) is 0 Å². The highest BCUT2D eigenvalue weighted by Gasteiger charge is 2.26. The molecule has 0 saturated carbocycles. The molecule has 2 aromatic carbocycles. The summed E-state index contributed by atoms with van der Waals surface area (Å²) in [5, 5.41) is 0.598. The number of amides is 1. The molecule has 0 spiro atoms. The molecule has 1 atom stereocenters. The minimum atomic E-state index is -0.344. The zero-order chi connectivity index (χ0) is 23.1. The van der Waals surface area contributed by atoms with E-state index in [-0.39, 0.29) is 17.5 Å². The van der Waals surface area contributed by atoms with Crippen LogP contribution in [-0.4, -0.2) is 34.0 Å². The van der Waals surface area contributed by atoms with Gasteiger partial charge < -0.3 is 9.64 Å². The maximum atomic E-state index is 13.5. The van der Waals surface area contributed by atoms with Gasteiger partial charge in [0.15, 0.2) is 0 Å². The lowest BCUT2D eigenvalue weighted by Crippen LogP contribution is -2.38. The molecular formula is C26H33N3O3. The van der Waals surface area contributed by atoms with Gasteiger partial charge in [0.1, 0.15) is 11.6 Å². The Labute approximate surface area is 189 Å². The Morgan fingerprint density at radius 1 is 1.06 bits per heavy atom. The second kappa shape index (κ2) is 10.9. The van der Waals surface area contributed by atoms with E-state index in [0.29, 0.717) is 41.1 Å². The Balaban J connectivity index is 2.01. The topological polar surface area (TPSA) is 64.4 Å². The van der Waals surface area contributed by atoms with E-state index >= 15 is 0 Å². The monoisotopic (exact) mass is 435 g/mol. The number of nitrogens with zero attached hydrogens (tertiary/aromatic N) is 3. The summed E-state index contributed by atoms with van der Waals surface area (Å²) in [6.45, 7) is 7.17. The quantitative estimate of drug-likeness (QED) is 0.410. The zero-order valence-electron chi connectivity index (χ0n) is 19.5. The van der Waals surface area contributed by atoms with Crippen molar-refractivity contribution in [3.05, 3.63) is 70.3 Å². The molecule has 0 bridgehead atoms. The molecular weight excluding hydrogens is 402 g/mol. The Morgan fingerprint density at radius 2 is 1.78 bits per heavy atom. The van der Waals surface area contributed by atoms with Crippen molar-refractivity contribution >= 4 is 16.8 Å². The van der Waals surface area contributed by atoms with Crippen molar-refractivity contribution in [3.63, 3.8) is 0 Å². The normalized spacial score (nSPS) is 12.0. The van der Waals surface area contributed by atoms with E-state index in [9.17, 15) is 9.59 Å². The summed E-state index contributed by atoms with van der Waals surface area (Å²) in [6, 6.07) is 14.2. The van der Waals surface area contributed by atoms with Crippen molar-refractivity contribution in [2.75, 3.05) is 13.7 Å². The third kappa shape index (κ3) is 5.01. The summed E-state index contributed by atoms with van der Waals surface area (Å²) < 4.78 is 6.92. The highest BCUT2D eigenvalue weighted by atomic mass is 16.5. The van der Waals surface area contributed by atoms with E-state index in [4.69, 9.17) is 9.72 Å². The number of aromatic nitrogens is 2. The first kappa shape index (κ1) is 23.5. The largest absolute Gasteiger partial charge is 0.497 e. The molecule has 1 aromatic heterocycles. The fourth-order valence-electron chi connectivity index (χ4n) is 4.03. The highest BCUT2D eigenvalue weighted by Crippen LogP contribution is 2.24. The number of carbonyl (C=O) groups is 1. The predicted octanol–water partition coefficient (Wildman–Crippen LogP) is 5.21. The van der Waals surface area contributed by atoms with Crippen LogP contribution in [0.5, 0.6) is 5.75 Å². The first-order valence-electron chi connectivity index (χ1n) is 11.5. The van der Waals surface area contributed by atoms with Gasteiger partial charge in [-0.2, -0.15) is 0 Å². The van der Waals surface area contributed by atoms with Crippen LogP contribution < -0.4 is 10.3 Å². The number of unbranched alkanes of at least 4 members (excludes halogenated alkanes) is 3. The summed E-state index contributed by atoms with van der Waals surface area (Å²) in [7, 11) is 1.61. The molecule has 0 saturated heterocycles. The van der Waals surface area contributed by atoms with E-state index in [2.05, 4.69) is 6.92 Å². The molecule has 0 N–H and O–H groups in total. The highest BCUT2D eigenvalue weighted by molar-refractivity contribution is 5.94. The van der Waals surface area contributed by atoms with Crippen molar-refractivity contribution < 1.29 is 9.53 Å². The van der Waals surface area contributed by atoms with Gasteiger partial charge in [-0.05, 0) is 56.7 Å². The number of rotatable bonds is 10. The standard InChI is InChI=1S/C26H33N3O3/c1-5-7-8-11-18-29(25(30)20-14-16-21(32-4)17-15-20)19(3)24-27-23-13-10-9-12-22(23)26(31)28(24)6-2/h9-10,12-17,19H,5-8,11,18H2,1-4H3. The fraction of sp³-hybridized carbons (Fsp3) is 0.423. The van der Waals surface area contributed by atoms with Gasteiger partial charge in [0.2, 0.25) is 0 Å². The molecule has 6 heteroatoms. The van der Waals surface area contributed by atoms with Gasteiger partial charge >= 0.3 is 0 Å². The lowest BCUT2D eigenvalue weighted by Gasteiger charge is -2.30. The number of para-hydroxylation sites is 1. The number of methoxy groups -OCH3 is 1. The number of carbonyl (C=O) groups excluding carboxylic acids is 1. The third-order valence-corrected chi connectivity index (χ3v) is 5.90. The molecule has 170 valence electrons. The average molecular weight is 436 g/mol. The molecule has 0 fully saturated rings. The van der Waals surface area contributed by atoms with E-state index in [1.165, 1.54) is 0 Å². The fourth-order valence-corrected chi connectivity index (χ4v) is 4.03. The summed E-state index contributed by atoms with van der Waals surface area (Å²) in [5.41, 5.74) is 1.19. The summed E-state index contributed by atoms with van der Waals surface area (Å²) in [5.74, 6) is 1.26. The van der Waals surface area contributed by atoms with Crippen LogP contribution in [0.15, 0.2) is 53.3 Å². The molecule has 3 aromatic rings. The van der Waals surface area contributed by atoms with Crippen LogP contribution in [0.3, 0.4) is 0 Å². The van der Waals surface area contributed by atoms with Gasteiger partial charge in [0.05, 0.1) is 24.1 Å². The molecule has 32 heavy (non-hydrogen) atoms. The van der Waals surface area contributed by atoms with Gasteiger partial charge in [-0.25, -0.2) is 4.98 Å². The molecule has 0 aliphatic carbocycles. The summed E-state index contributed by atoms with van der Waals surface area (Å²) in [4.78, 5) is 33.3. The van der Waals surface area contributed by atoms with Crippen LogP contribution in [-0.2, 0) is 6.54 Å². The van der Waals surface area contributed by atoms with Crippen LogP contribution in [0.4, 0.5) is 0 Å². The van der Waals surface area contributed by atoms with Crippen LogP contribution >= 0.6 is 0 Å². The molecule has 0 radical (unpaired) electrons. The molecule has 0 aliphatic heterocycles. The third-order valence-electron chi connectivity index (χ3n) is 5.90. The molecule has 1 amide bonds. The smallest absolute Gasteiger partial charge is 0.261 e. The molecule has 1 heterocycles. The number of benzene rings is 2. The van der Waals surface area contributed by atoms with Gasteiger partial charge in [-0.15, -0.1) is 0 Å². The second-order valence-corrected chi connectivity index (χ2v) is 8.00. The van der Waals surface area contributed by atoms with Gasteiger partial charge in [-0.1, -0.05) is 38.3 Å². The molecule has 3 rings (SSSR count). The lowest BCUT2D eigenvalue weighted by atomic mass is 10.1. The maximum absolute atomic E-state index is 13.5. The number of ether oxygens (including phenoxy) is 1. The van der Waals surface area contributed by atoms with Crippen molar-refractivity contribution in [3.8, 4) is 5.75 Å². The molecule has 0 aliphatic rings. The Hall–Kier alpha value is -3.15. The van der Waals surface area contributed by atoms with Gasteiger partial charge in [0, 0.05) is 18.7 Å². The minimum Gasteiger partial charge on any atom is -0.497 e. The van der Waals surface area contributed by atoms with Crippen molar-refractivity contribution in [2.45, 2.75) is 59.0 Å². The van der Waals surface area contributed by atoms with Gasteiger partial charge in [0.25, 0.3) is 11.5 Å². The molecule has 6 nitrogen and oxygen atoms in total. The van der Waals surface area contributed by atoms with Crippen LogP contribution in [0.1, 0.15) is 68.7 Å². The second-order valence-electron chi connectivity index (χ2n) is 8.00. The van der Waals surface area contributed by atoms with Crippen LogP contribution in [0.25, 0.3) is 10.9 Å². The van der Waals surface area contributed by atoms with Crippen molar-refractivity contribution in [1.82, 2.24) is 14.5 Å². The predicted molar refractivity (Wildman–Crippen MR) is 128 cm³/mol. The number of hydrogen-bond acceptors (Lipinski definition) is 4. The average Bonchev–Trinajstić information content (AvgIpc) is 2.83. The Morgan fingerprint density at radius 3 is 2.44 bits per heavy atom. The zero-order valence-corrected chi connectivity index (χ0v) is 19.5. The summed E-state index contributed by atoms with van der Waals surface area (Å²) >= 11 is 0. The van der Waals surface area contributed by atoms with Gasteiger partial charge in [-0.3, -0.25) is 14.2 Å². The first-order valence-corrected chi connectivity index (χ1v) is 11.5. The van der Waals surface area contributed by atoms with E-state index in [0.717, 1.165) is 25.7 Å². The number of hydrogen-bond donors (Lipinski definition) is 0.